The van der Waals surface area contributed by atoms with Crippen LogP contribution >= 0.6 is 11.6 Å². The van der Waals surface area contributed by atoms with Crippen molar-refractivity contribution in [1.29, 1.82) is 0 Å². The third kappa shape index (κ3) is 1.29. The van der Waals surface area contributed by atoms with Gasteiger partial charge in [0.15, 0.2) is 0 Å². The van der Waals surface area contributed by atoms with E-state index in [1.54, 1.807) is 6.92 Å². The van der Waals surface area contributed by atoms with Crippen LogP contribution in [0.5, 0.6) is 0 Å². The van der Waals surface area contributed by atoms with E-state index in [0.717, 1.165) is 0 Å². The molecule has 0 bridgehead atoms. The SMILES string of the molecule is Cc1n[nH]c(Cl)cc1=O. The van der Waals surface area contributed by atoms with Gasteiger partial charge in [0.05, 0.1) is 0 Å². The summed E-state index contributed by atoms with van der Waals surface area (Å²) >= 11 is 5.40. The van der Waals surface area contributed by atoms with Crippen molar-refractivity contribution >= 4 is 11.6 Å². The van der Waals surface area contributed by atoms with Crippen molar-refractivity contribution in [2.45, 2.75) is 6.92 Å². The average Bonchev–Trinajstić information content (AvgIpc) is 1.80. The molecule has 0 aliphatic carbocycles. The number of aryl methyl sites for hydroxylation is 1. The minimum absolute atomic E-state index is 0.140. The van der Waals surface area contributed by atoms with E-state index >= 15 is 0 Å². The normalized spacial score (nSPS) is 9.56. The minimum atomic E-state index is -0.140. The van der Waals surface area contributed by atoms with Crippen molar-refractivity contribution in [2.24, 2.45) is 0 Å². The molecule has 0 spiro atoms. The number of nitrogens with zero attached hydrogens (tertiary/aromatic N) is 1. The van der Waals surface area contributed by atoms with Gasteiger partial charge in [-0.05, 0) is 6.92 Å². The van der Waals surface area contributed by atoms with Crippen LogP contribution in [0.1, 0.15) is 5.69 Å². The van der Waals surface area contributed by atoms with Crippen molar-refractivity contribution in [2.75, 3.05) is 0 Å². The van der Waals surface area contributed by atoms with Gasteiger partial charge in [-0.2, -0.15) is 5.10 Å². The van der Waals surface area contributed by atoms with Crippen LogP contribution in [-0.2, 0) is 0 Å². The van der Waals surface area contributed by atoms with Crippen LogP contribution in [0.4, 0.5) is 0 Å². The van der Waals surface area contributed by atoms with Crippen molar-refractivity contribution in [3.05, 3.63) is 27.1 Å². The van der Waals surface area contributed by atoms with Crippen molar-refractivity contribution in [3.8, 4) is 0 Å². The number of aromatic nitrogens is 2. The maximum absolute atomic E-state index is 10.7. The third-order valence-corrected chi connectivity index (χ3v) is 1.14. The Morgan fingerprint density at radius 2 is 2.44 bits per heavy atom. The molecule has 3 nitrogen and oxygen atoms in total. The summed E-state index contributed by atoms with van der Waals surface area (Å²) in [6.07, 6.45) is 0. The molecule has 9 heavy (non-hydrogen) atoms. The zero-order valence-electron chi connectivity index (χ0n) is 4.81. The molecule has 0 aromatic carbocycles. The molecule has 0 aliphatic heterocycles. The summed E-state index contributed by atoms with van der Waals surface area (Å²) in [5, 5.41) is 6.33. The van der Waals surface area contributed by atoms with Gasteiger partial charge < -0.3 is 0 Å². The number of aromatic amines is 1. The molecular formula is C5H5ClN2O. The quantitative estimate of drug-likeness (QED) is 0.584. The lowest BCUT2D eigenvalue weighted by Gasteiger charge is -1.88. The van der Waals surface area contributed by atoms with Crippen LogP contribution in [0.3, 0.4) is 0 Å². The van der Waals surface area contributed by atoms with Crippen LogP contribution in [0, 0.1) is 6.92 Å². The van der Waals surface area contributed by atoms with Gasteiger partial charge in [-0.15, -0.1) is 0 Å². The predicted molar refractivity (Wildman–Crippen MR) is 34.6 cm³/mol. The minimum Gasteiger partial charge on any atom is -0.288 e. The van der Waals surface area contributed by atoms with E-state index in [4.69, 9.17) is 11.6 Å². The molecule has 0 atom stereocenters. The summed E-state index contributed by atoms with van der Waals surface area (Å²) in [5.41, 5.74) is 0.290. The molecule has 48 valence electrons. The van der Waals surface area contributed by atoms with E-state index in [2.05, 4.69) is 10.2 Å². The molecule has 0 saturated carbocycles. The largest absolute Gasteiger partial charge is 0.288 e. The van der Waals surface area contributed by atoms with Gasteiger partial charge in [0.1, 0.15) is 10.8 Å². The molecule has 0 saturated heterocycles. The Kier molecular flexibility index (Phi) is 1.53. The second kappa shape index (κ2) is 2.19. The van der Waals surface area contributed by atoms with Crippen molar-refractivity contribution < 1.29 is 0 Å². The first kappa shape index (κ1) is 6.29. The highest BCUT2D eigenvalue weighted by Crippen LogP contribution is 1.94. The van der Waals surface area contributed by atoms with Crippen LogP contribution < -0.4 is 5.43 Å². The molecule has 0 fully saturated rings. The van der Waals surface area contributed by atoms with Crippen molar-refractivity contribution in [1.82, 2.24) is 10.2 Å². The highest BCUT2D eigenvalue weighted by atomic mass is 35.5. The number of nitrogens with one attached hydrogen (secondary N) is 1. The molecule has 0 unspecified atom stereocenters. The molecule has 1 rings (SSSR count). The van der Waals surface area contributed by atoms with E-state index in [9.17, 15) is 4.79 Å². The number of halogens is 1. The van der Waals surface area contributed by atoms with Crippen LogP contribution in [0.2, 0.25) is 5.15 Å². The van der Waals surface area contributed by atoms with E-state index in [-0.39, 0.29) is 10.6 Å². The lowest BCUT2D eigenvalue weighted by atomic mass is 10.4. The Hall–Kier alpha value is -0.830. The Labute approximate surface area is 56.7 Å². The average molecular weight is 145 g/mol. The number of hydrogen-bond acceptors (Lipinski definition) is 2. The standard InChI is InChI=1S/C5H5ClN2O/c1-3-4(9)2-5(6)8-7-3/h2H,1H3,(H,8,9). The van der Waals surface area contributed by atoms with E-state index < -0.39 is 0 Å². The summed E-state index contributed by atoms with van der Waals surface area (Å²) < 4.78 is 0. The lowest BCUT2D eigenvalue weighted by molar-refractivity contribution is 0.965. The molecular weight excluding hydrogens is 140 g/mol. The first-order valence-corrected chi connectivity index (χ1v) is 2.80. The fraction of sp³-hybridized carbons (Fsp3) is 0.200. The number of hydrogen-bond donors (Lipinski definition) is 1. The lowest BCUT2D eigenvalue weighted by Crippen LogP contribution is -2.06. The summed E-state index contributed by atoms with van der Waals surface area (Å²) in [6, 6.07) is 1.30. The summed E-state index contributed by atoms with van der Waals surface area (Å²) in [4.78, 5) is 10.7. The number of rotatable bonds is 0. The van der Waals surface area contributed by atoms with Crippen molar-refractivity contribution in [3.63, 3.8) is 0 Å². The van der Waals surface area contributed by atoms with Gasteiger partial charge in [-0.3, -0.25) is 9.89 Å². The van der Waals surface area contributed by atoms with E-state index in [1.165, 1.54) is 6.07 Å². The van der Waals surface area contributed by atoms with Gasteiger partial charge >= 0.3 is 0 Å². The van der Waals surface area contributed by atoms with Crippen LogP contribution in [0.25, 0.3) is 0 Å². The molecule has 1 aromatic rings. The molecule has 0 aliphatic rings. The third-order valence-electron chi connectivity index (χ3n) is 0.945. The second-order valence-electron chi connectivity index (χ2n) is 1.67. The molecule has 4 heteroatoms. The maximum atomic E-state index is 10.7. The summed E-state index contributed by atoms with van der Waals surface area (Å²) in [6.45, 7) is 1.62. The Balaban J connectivity index is 3.34. The fourth-order valence-corrected chi connectivity index (χ4v) is 0.586. The summed E-state index contributed by atoms with van der Waals surface area (Å²) in [7, 11) is 0. The van der Waals surface area contributed by atoms with Gasteiger partial charge in [0.2, 0.25) is 5.43 Å². The first-order valence-electron chi connectivity index (χ1n) is 2.42. The smallest absolute Gasteiger partial charge is 0.204 e. The van der Waals surface area contributed by atoms with Gasteiger partial charge in [0.25, 0.3) is 0 Å². The zero-order chi connectivity index (χ0) is 6.85. The number of H-pyrrole nitrogens is 1. The molecule has 1 aromatic heterocycles. The Morgan fingerprint density at radius 1 is 1.78 bits per heavy atom. The first-order chi connectivity index (χ1) is 4.20. The highest BCUT2D eigenvalue weighted by Gasteiger charge is 1.92. The Bertz CT molecular complexity index is 268. The second-order valence-corrected chi connectivity index (χ2v) is 2.07. The van der Waals surface area contributed by atoms with Gasteiger partial charge in [0, 0.05) is 6.07 Å². The van der Waals surface area contributed by atoms with E-state index in [1.807, 2.05) is 0 Å². The van der Waals surface area contributed by atoms with Gasteiger partial charge in [-0.25, -0.2) is 0 Å². The monoisotopic (exact) mass is 144 g/mol. The van der Waals surface area contributed by atoms with Gasteiger partial charge in [-0.1, -0.05) is 11.6 Å². The molecule has 0 amide bonds. The van der Waals surface area contributed by atoms with Crippen LogP contribution in [-0.4, -0.2) is 10.2 Å². The maximum Gasteiger partial charge on any atom is 0.204 e. The predicted octanol–water partition coefficient (Wildman–Crippen LogP) is 0.732. The highest BCUT2D eigenvalue weighted by molar-refractivity contribution is 6.29. The fourth-order valence-electron chi connectivity index (χ4n) is 0.444. The van der Waals surface area contributed by atoms with Crippen LogP contribution in [0.15, 0.2) is 10.9 Å². The zero-order valence-corrected chi connectivity index (χ0v) is 5.57. The summed E-state index contributed by atoms with van der Waals surface area (Å²) in [5.74, 6) is 0. The molecule has 0 radical (unpaired) electrons. The Morgan fingerprint density at radius 3 is 2.89 bits per heavy atom. The molecule has 1 heterocycles. The molecule has 1 N–H and O–H groups in total. The topological polar surface area (TPSA) is 45.8 Å². The van der Waals surface area contributed by atoms with E-state index in [0.29, 0.717) is 5.69 Å².